The zero-order valence-corrected chi connectivity index (χ0v) is 12.6. The van der Waals surface area contributed by atoms with E-state index < -0.39 is 0 Å². The first-order valence-corrected chi connectivity index (χ1v) is 7.43. The molecule has 17 heavy (non-hydrogen) atoms. The second-order valence-corrected chi connectivity index (χ2v) is 6.06. The highest BCUT2D eigenvalue weighted by Crippen LogP contribution is 2.23. The Balaban J connectivity index is 2.90. The van der Waals surface area contributed by atoms with Crippen molar-refractivity contribution in [3.63, 3.8) is 0 Å². The number of halogens is 1. The summed E-state index contributed by atoms with van der Waals surface area (Å²) in [5.74, 6) is 1.93. The summed E-state index contributed by atoms with van der Waals surface area (Å²) in [6.45, 7) is 9.13. The van der Waals surface area contributed by atoms with Gasteiger partial charge in [-0.25, -0.2) is 9.97 Å². The summed E-state index contributed by atoms with van der Waals surface area (Å²) in [6, 6.07) is 0. The van der Waals surface area contributed by atoms with E-state index in [1.807, 2.05) is 18.7 Å². The number of nitrogens with one attached hydrogen (secondary N) is 1. The Kier molecular flexibility index (Phi) is 5.53. The van der Waals surface area contributed by atoms with E-state index in [0.717, 1.165) is 23.8 Å². The van der Waals surface area contributed by atoms with E-state index >= 15 is 0 Å². The van der Waals surface area contributed by atoms with Gasteiger partial charge in [-0.3, -0.25) is 0 Å². The van der Waals surface area contributed by atoms with Crippen LogP contribution in [-0.4, -0.2) is 28.0 Å². The van der Waals surface area contributed by atoms with Crippen LogP contribution in [0, 0.1) is 6.92 Å². The van der Waals surface area contributed by atoms with Gasteiger partial charge in [0.25, 0.3) is 0 Å². The predicted octanol–water partition coefficient (Wildman–Crippen LogP) is 3.73. The van der Waals surface area contributed by atoms with Crippen molar-refractivity contribution in [2.24, 2.45) is 0 Å². The molecular weight excluding hydrogens is 254 g/mol. The lowest BCUT2D eigenvalue weighted by Gasteiger charge is -2.15. The molecular formula is C12H20ClN3S. The van der Waals surface area contributed by atoms with Gasteiger partial charge in [-0.2, -0.15) is 11.8 Å². The van der Waals surface area contributed by atoms with E-state index in [0.29, 0.717) is 10.4 Å². The highest BCUT2D eigenvalue weighted by molar-refractivity contribution is 7.99. The van der Waals surface area contributed by atoms with Gasteiger partial charge in [0.15, 0.2) is 0 Å². The Hall–Kier alpha value is -0.480. The van der Waals surface area contributed by atoms with Crippen molar-refractivity contribution in [3.05, 3.63) is 16.5 Å². The maximum Gasteiger partial charge on any atom is 0.137 e. The molecule has 0 amide bonds. The van der Waals surface area contributed by atoms with E-state index in [-0.39, 0.29) is 5.92 Å². The fourth-order valence-electron chi connectivity index (χ4n) is 1.26. The molecule has 3 nitrogen and oxygen atoms in total. The minimum atomic E-state index is 0.284. The van der Waals surface area contributed by atoms with Crippen LogP contribution in [0.5, 0.6) is 0 Å². The van der Waals surface area contributed by atoms with E-state index in [1.54, 1.807) is 0 Å². The number of hydrogen-bond acceptors (Lipinski definition) is 4. The average molecular weight is 274 g/mol. The van der Waals surface area contributed by atoms with Crippen LogP contribution in [0.1, 0.15) is 38.1 Å². The van der Waals surface area contributed by atoms with Gasteiger partial charge in [-0.1, -0.05) is 32.4 Å². The summed E-state index contributed by atoms with van der Waals surface area (Å²) in [7, 11) is 0. The Morgan fingerprint density at radius 1 is 1.29 bits per heavy atom. The second-order valence-electron chi connectivity index (χ2n) is 4.43. The van der Waals surface area contributed by atoms with Crippen LogP contribution in [0.3, 0.4) is 0 Å². The highest BCUT2D eigenvalue weighted by Gasteiger charge is 2.12. The van der Waals surface area contributed by atoms with Gasteiger partial charge in [0.1, 0.15) is 16.8 Å². The zero-order chi connectivity index (χ0) is 13.0. The monoisotopic (exact) mass is 273 g/mol. The van der Waals surface area contributed by atoms with Crippen molar-refractivity contribution in [2.45, 2.75) is 38.9 Å². The lowest BCUT2D eigenvalue weighted by molar-refractivity contribution is 0.771. The van der Waals surface area contributed by atoms with Crippen molar-refractivity contribution >= 4 is 29.2 Å². The Labute approximate surface area is 113 Å². The van der Waals surface area contributed by atoms with Crippen molar-refractivity contribution in [3.8, 4) is 0 Å². The van der Waals surface area contributed by atoms with Gasteiger partial charge in [-0.05, 0) is 13.2 Å². The van der Waals surface area contributed by atoms with E-state index in [9.17, 15) is 0 Å². The van der Waals surface area contributed by atoms with Crippen molar-refractivity contribution in [1.29, 1.82) is 0 Å². The molecule has 0 aliphatic rings. The maximum absolute atomic E-state index is 6.12. The molecule has 0 saturated heterocycles. The number of anilines is 1. The molecule has 0 spiro atoms. The highest BCUT2D eigenvalue weighted by atomic mass is 35.5. The smallest absolute Gasteiger partial charge is 0.137 e. The molecule has 0 aliphatic heterocycles. The largest absolute Gasteiger partial charge is 0.369 e. The van der Waals surface area contributed by atoms with Crippen molar-refractivity contribution in [2.75, 3.05) is 18.1 Å². The molecule has 96 valence electrons. The Morgan fingerprint density at radius 2 is 1.94 bits per heavy atom. The standard InChI is InChI=1S/C12H20ClN3S/c1-7(2)11-15-10(13)9(4)12(16-11)14-6-8(3)17-5/h7-8H,6H2,1-5H3,(H,14,15,16). The quantitative estimate of drug-likeness (QED) is 0.830. The first-order chi connectivity index (χ1) is 7.95. The molecule has 0 aliphatic carbocycles. The Morgan fingerprint density at radius 3 is 2.47 bits per heavy atom. The molecule has 0 aromatic carbocycles. The third-order valence-electron chi connectivity index (χ3n) is 2.58. The van der Waals surface area contributed by atoms with Gasteiger partial charge < -0.3 is 5.32 Å². The maximum atomic E-state index is 6.12. The molecule has 1 N–H and O–H groups in total. The summed E-state index contributed by atoms with van der Waals surface area (Å²) in [5.41, 5.74) is 0.921. The SMILES string of the molecule is CSC(C)CNc1nc(C(C)C)nc(Cl)c1C. The molecule has 1 heterocycles. The molecule has 1 aromatic heterocycles. The number of nitrogens with zero attached hydrogens (tertiary/aromatic N) is 2. The van der Waals surface area contributed by atoms with E-state index in [4.69, 9.17) is 11.6 Å². The van der Waals surface area contributed by atoms with Crippen molar-refractivity contribution in [1.82, 2.24) is 9.97 Å². The van der Waals surface area contributed by atoms with Crippen LogP contribution in [0.25, 0.3) is 0 Å². The number of thioether (sulfide) groups is 1. The molecule has 1 unspecified atom stereocenters. The topological polar surface area (TPSA) is 37.8 Å². The summed E-state index contributed by atoms with van der Waals surface area (Å²) >= 11 is 7.94. The number of hydrogen-bond donors (Lipinski definition) is 1. The predicted molar refractivity (Wildman–Crippen MR) is 77.3 cm³/mol. The first kappa shape index (κ1) is 14.6. The number of rotatable bonds is 5. The average Bonchev–Trinajstić information content (AvgIpc) is 2.30. The Bertz CT molecular complexity index is 382. The molecule has 1 rings (SSSR count). The molecule has 1 aromatic rings. The van der Waals surface area contributed by atoms with Gasteiger partial charge in [0.2, 0.25) is 0 Å². The summed E-state index contributed by atoms with van der Waals surface area (Å²) in [5, 5.41) is 4.43. The van der Waals surface area contributed by atoms with Crippen LogP contribution in [0.4, 0.5) is 5.82 Å². The lowest BCUT2D eigenvalue weighted by Crippen LogP contribution is -2.15. The van der Waals surface area contributed by atoms with Crippen LogP contribution in [-0.2, 0) is 0 Å². The minimum Gasteiger partial charge on any atom is -0.369 e. The molecule has 0 fully saturated rings. The number of aromatic nitrogens is 2. The van der Waals surface area contributed by atoms with Crippen LogP contribution in [0.2, 0.25) is 5.15 Å². The second kappa shape index (κ2) is 6.45. The summed E-state index contributed by atoms with van der Waals surface area (Å²) in [6.07, 6.45) is 2.10. The van der Waals surface area contributed by atoms with E-state index in [2.05, 4.69) is 42.3 Å². The summed E-state index contributed by atoms with van der Waals surface area (Å²) in [4.78, 5) is 8.81. The molecule has 0 bridgehead atoms. The van der Waals surface area contributed by atoms with Gasteiger partial charge in [0, 0.05) is 23.3 Å². The molecule has 1 atom stereocenters. The normalized spacial score (nSPS) is 12.9. The fourth-order valence-corrected chi connectivity index (χ4v) is 1.69. The van der Waals surface area contributed by atoms with Crippen LogP contribution < -0.4 is 5.32 Å². The van der Waals surface area contributed by atoms with Crippen LogP contribution >= 0.6 is 23.4 Å². The molecule has 0 radical (unpaired) electrons. The zero-order valence-electron chi connectivity index (χ0n) is 11.0. The summed E-state index contributed by atoms with van der Waals surface area (Å²) < 4.78 is 0. The van der Waals surface area contributed by atoms with Gasteiger partial charge >= 0.3 is 0 Å². The van der Waals surface area contributed by atoms with Gasteiger partial charge in [0.05, 0.1) is 0 Å². The lowest BCUT2D eigenvalue weighted by atomic mass is 10.2. The molecule has 0 saturated carbocycles. The minimum absolute atomic E-state index is 0.284. The van der Waals surface area contributed by atoms with Crippen molar-refractivity contribution < 1.29 is 0 Å². The van der Waals surface area contributed by atoms with E-state index in [1.165, 1.54) is 0 Å². The fraction of sp³-hybridized carbons (Fsp3) is 0.667. The first-order valence-electron chi connectivity index (χ1n) is 5.76. The van der Waals surface area contributed by atoms with Crippen LogP contribution in [0.15, 0.2) is 0 Å². The third-order valence-corrected chi connectivity index (χ3v) is 3.92. The third kappa shape index (κ3) is 4.03. The molecule has 5 heteroatoms. The van der Waals surface area contributed by atoms with Gasteiger partial charge in [-0.15, -0.1) is 0 Å².